The fourth-order valence-electron chi connectivity index (χ4n) is 1.89. The molecule has 0 aromatic heterocycles. The van der Waals surface area contributed by atoms with Gasteiger partial charge < -0.3 is 16.0 Å². The maximum Gasteiger partial charge on any atom is 0.319 e. The van der Waals surface area contributed by atoms with Gasteiger partial charge in [0.05, 0.1) is 0 Å². The summed E-state index contributed by atoms with van der Waals surface area (Å²) in [6.45, 7) is 1.84. The van der Waals surface area contributed by atoms with Crippen molar-refractivity contribution < 1.29 is 9.18 Å². The number of carbonyl (C=O) groups is 1. The van der Waals surface area contributed by atoms with Gasteiger partial charge in [0.25, 0.3) is 0 Å². The van der Waals surface area contributed by atoms with E-state index in [4.69, 9.17) is 0 Å². The molecule has 2 rings (SSSR count). The number of carbonyl (C=O) groups excluding carboxylic acids is 1. The van der Waals surface area contributed by atoms with Crippen molar-refractivity contribution >= 4 is 24.1 Å². The molecule has 1 aliphatic rings. The van der Waals surface area contributed by atoms with Crippen LogP contribution in [-0.2, 0) is 0 Å². The van der Waals surface area contributed by atoms with E-state index >= 15 is 0 Å². The molecule has 1 heterocycles. The molecule has 0 radical (unpaired) electrons. The molecule has 0 spiro atoms. The minimum Gasteiger partial charge on any atom is -0.335 e. The monoisotopic (exact) mass is 273 g/mol. The van der Waals surface area contributed by atoms with Gasteiger partial charge in [0.15, 0.2) is 0 Å². The number of anilines is 1. The highest BCUT2D eigenvalue weighted by Gasteiger charge is 2.15. The van der Waals surface area contributed by atoms with Crippen LogP contribution < -0.4 is 16.0 Å². The van der Waals surface area contributed by atoms with Crippen molar-refractivity contribution in [3.8, 4) is 0 Å². The second-order valence-electron chi connectivity index (χ2n) is 4.13. The van der Waals surface area contributed by atoms with E-state index in [1.807, 2.05) is 0 Å². The quantitative estimate of drug-likeness (QED) is 0.773. The van der Waals surface area contributed by atoms with E-state index in [-0.39, 0.29) is 30.3 Å². The fourth-order valence-corrected chi connectivity index (χ4v) is 1.89. The summed E-state index contributed by atoms with van der Waals surface area (Å²) in [7, 11) is 0. The van der Waals surface area contributed by atoms with Crippen molar-refractivity contribution in [1.29, 1.82) is 0 Å². The van der Waals surface area contributed by atoms with E-state index in [0.29, 0.717) is 5.69 Å². The number of rotatable bonds is 2. The number of piperidine rings is 1. The van der Waals surface area contributed by atoms with Gasteiger partial charge in [0.2, 0.25) is 0 Å². The molecule has 6 heteroatoms. The number of amides is 2. The van der Waals surface area contributed by atoms with Crippen LogP contribution in [0.5, 0.6) is 0 Å². The SMILES string of the molecule is Cl.O=C(Nc1cccc(F)c1)NC1CCNCC1. The Morgan fingerprint density at radius 2 is 2.06 bits per heavy atom. The van der Waals surface area contributed by atoms with Crippen molar-refractivity contribution in [2.75, 3.05) is 18.4 Å². The van der Waals surface area contributed by atoms with Crippen molar-refractivity contribution in [2.45, 2.75) is 18.9 Å². The summed E-state index contributed by atoms with van der Waals surface area (Å²) < 4.78 is 12.9. The van der Waals surface area contributed by atoms with Crippen molar-refractivity contribution in [1.82, 2.24) is 10.6 Å². The zero-order valence-electron chi connectivity index (χ0n) is 9.91. The van der Waals surface area contributed by atoms with Gasteiger partial charge in [-0.3, -0.25) is 0 Å². The first kappa shape index (κ1) is 14.7. The smallest absolute Gasteiger partial charge is 0.319 e. The molecule has 0 saturated carbocycles. The molecule has 0 unspecified atom stereocenters. The second kappa shape index (κ2) is 7.18. The number of hydrogen-bond acceptors (Lipinski definition) is 2. The maximum atomic E-state index is 12.9. The first-order valence-electron chi connectivity index (χ1n) is 5.78. The molecule has 0 aliphatic carbocycles. The number of benzene rings is 1. The number of halogens is 2. The predicted molar refractivity (Wildman–Crippen MR) is 71.7 cm³/mol. The lowest BCUT2D eigenvalue weighted by Gasteiger charge is -2.23. The Labute approximate surface area is 112 Å². The summed E-state index contributed by atoms with van der Waals surface area (Å²) in [5, 5.41) is 8.72. The van der Waals surface area contributed by atoms with Gasteiger partial charge >= 0.3 is 6.03 Å². The Morgan fingerprint density at radius 3 is 2.72 bits per heavy atom. The minimum atomic E-state index is -0.357. The Bertz CT molecular complexity index is 397. The molecule has 1 fully saturated rings. The number of urea groups is 1. The lowest BCUT2D eigenvalue weighted by molar-refractivity contribution is 0.245. The minimum absolute atomic E-state index is 0. The van der Waals surface area contributed by atoms with Crippen LogP contribution >= 0.6 is 12.4 Å². The summed E-state index contributed by atoms with van der Waals surface area (Å²) in [5.41, 5.74) is 0.469. The third-order valence-electron chi connectivity index (χ3n) is 2.76. The van der Waals surface area contributed by atoms with Gasteiger partial charge in [0.1, 0.15) is 5.82 Å². The van der Waals surface area contributed by atoms with E-state index in [1.165, 1.54) is 12.1 Å². The van der Waals surface area contributed by atoms with Crippen LogP contribution in [-0.4, -0.2) is 25.2 Å². The van der Waals surface area contributed by atoms with Crippen LogP contribution in [0.2, 0.25) is 0 Å². The summed E-state index contributed by atoms with van der Waals surface area (Å²) in [6.07, 6.45) is 1.85. The average Bonchev–Trinajstić information content (AvgIpc) is 2.30. The molecule has 1 aromatic carbocycles. The summed E-state index contributed by atoms with van der Waals surface area (Å²) in [5.74, 6) is -0.357. The van der Waals surface area contributed by atoms with Gasteiger partial charge in [-0.1, -0.05) is 6.07 Å². The van der Waals surface area contributed by atoms with Crippen LogP contribution in [0.4, 0.5) is 14.9 Å². The molecule has 1 saturated heterocycles. The van der Waals surface area contributed by atoms with Gasteiger partial charge in [-0.2, -0.15) is 0 Å². The maximum absolute atomic E-state index is 12.9. The standard InChI is InChI=1S/C12H16FN3O.ClH/c13-9-2-1-3-11(8-9)16-12(17)15-10-4-6-14-7-5-10;/h1-3,8,10,14H,4-7H2,(H2,15,16,17);1H. The predicted octanol–water partition coefficient (Wildman–Crippen LogP) is 2.12. The zero-order chi connectivity index (χ0) is 12.1. The molecule has 3 N–H and O–H groups in total. The van der Waals surface area contributed by atoms with Crippen LogP contribution in [0.25, 0.3) is 0 Å². The summed E-state index contributed by atoms with van der Waals surface area (Å²) in [4.78, 5) is 11.6. The summed E-state index contributed by atoms with van der Waals surface area (Å²) in [6, 6.07) is 5.78. The number of nitrogens with one attached hydrogen (secondary N) is 3. The molecular weight excluding hydrogens is 257 g/mol. The van der Waals surface area contributed by atoms with Crippen LogP contribution in [0.1, 0.15) is 12.8 Å². The van der Waals surface area contributed by atoms with E-state index in [9.17, 15) is 9.18 Å². The molecular formula is C12H17ClFN3O. The lowest BCUT2D eigenvalue weighted by Crippen LogP contribution is -2.44. The molecule has 18 heavy (non-hydrogen) atoms. The molecule has 1 aromatic rings. The Hall–Kier alpha value is -1.33. The Kier molecular flexibility index (Phi) is 5.88. The highest BCUT2D eigenvalue weighted by atomic mass is 35.5. The highest BCUT2D eigenvalue weighted by molar-refractivity contribution is 5.89. The topological polar surface area (TPSA) is 53.2 Å². The third-order valence-corrected chi connectivity index (χ3v) is 2.76. The van der Waals surface area contributed by atoms with Crippen LogP contribution in [0, 0.1) is 5.82 Å². The normalized spacial score (nSPS) is 15.6. The second-order valence-corrected chi connectivity index (χ2v) is 4.13. The summed E-state index contributed by atoms with van der Waals surface area (Å²) >= 11 is 0. The number of hydrogen-bond donors (Lipinski definition) is 3. The Morgan fingerprint density at radius 1 is 1.33 bits per heavy atom. The van der Waals surface area contributed by atoms with Crippen molar-refractivity contribution in [3.63, 3.8) is 0 Å². The van der Waals surface area contributed by atoms with Gasteiger partial charge in [-0.05, 0) is 44.1 Å². The average molecular weight is 274 g/mol. The van der Waals surface area contributed by atoms with Crippen molar-refractivity contribution in [3.05, 3.63) is 30.1 Å². The van der Waals surface area contributed by atoms with E-state index < -0.39 is 0 Å². The van der Waals surface area contributed by atoms with Crippen molar-refractivity contribution in [2.24, 2.45) is 0 Å². The third kappa shape index (κ3) is 4.50. The largest absolute Gasteiger partial charge is 0.335 e. The van der Waals surface area contributed by atoms with Gasteiger partial charge in [0, 0.05) is 11.7 Å². The van der Waals surface area contributed by atoms with E-state index in [2.05, 4.69) is 16.0 Å². The molecule has 4 nitrogen and oxygen atoms in total. The molecule has 2 amide bonds. The lowest BCUT2D eigenvalue weighted by atomic mass is 10.1. The van der Waals surface area contributed by atoms with E-state index in [0.717, 1.165) is 25.9 Å². The van der Waals surface area contributed by atoms with Crippen LogP contribution in [0.15, 0.2) is 24.3 Å². The zero-order valence-corrected chi connectivity index (χ0v) is 10.7. The van der Waals surface area contributed by atoms with E-state index in [1.54, 1.807) is 12.1 Å². The molecule has 100 valence electrons. The van der Waals surface area contributed by atoms with Crippen LogP contribution in [0.3, 0.4) is 0 Å². The highest BCUT2D eigenvalue weighted by Crippen LogP contribution is 2.09. The molecule has 1 aliphatic heterocycles. The molecule has 0 atom stereocenters. The first-order chi connectivity index (χ1) is 8.24. The van der Waals surface area contributed by atoms with Gasteiger partial charge in [-0.15, -0.1) is 12.4 Å². The van der Waals surface area contributed by atoms with Gasteiger partial charge in [-0.25, -0.2) is 9.18 Å². The first-order valence-corrected chi connectivity index (χ1v) is 5.78. The molecule has 0 bridgehead atoms. The Balaban J connectivity index is 0.00000162. The fraction of sp³-hybridized carbons (Fsp3) is 0.417.